The summed E-state index contributed by atoms with van der Waals surface area (Å²) in [5.41, 5.74) is 0.0610. The van der Waals surface area contributed by atoms with Gasteiger partial charge in [-0.3, -0.25) is 9.48 Å². The van der Waals surface area contributed by atoms with Crippen LogP contribution in [0.4, 0.5) is 13.2 Å². The van der Waals surface area contributed by atoms with Gasteiger partial charge in [0.15, 0.2) is 0 Å². The van der Waals surface area contributed by atoms with Crippen LogP contribution in [-0.4, -0.2) is 45.4 Å². The fraction of sp³-hybridized carbons (Fsp3) is 0.444. The Morgan fingerprint density at radius 2 is 2.12 bits per heavy atom. The average Bonchev–Trinajstić information content (AvgIpc) is 3.10. The highest BCUT2D eigenvalue weighted by Gasteiger charge is 2.32. The number of aliphatic hydroxyl groups excluding tert-OH is 1. The summed E-state index contributed by atoms with van der Waals surface area (Å²) < 4.78 is 40.2. The number of benzene rings is 1. The van der Waals surface area contributed by atoms with E-state index in [4.69, 9.17) is 5.11 Å². The number of likely N-dealkylation sites (tertiary alicyclic amines) is 1. The fourth-order valence-corrected chi connectivity index (χ4v) is 3.24. The molecule has 1 aliphatic rings. The molecule has 140 valence electrons. The van der Waals surface area contributed by atoms with E-state index in [1.165, 1.54) is 12.1 Å². The van der Waals surface area contributed by atoms with Gasteiger partial charge in [0.1, 0.15) is 0 Å². The summed E-state index contributed by atoms with van der Waals surface area (Å²) in [6.45, 7) is 1.33. The average molecular weight is 367 g/mol. The SMILES string of the molecule is O=C(c1cccc(C(F)(F)F)c1)N1CCC[C@@H](c2ccn(CCO)n2)C1. The molecule has 0 spiro atoms. The first kappa shape index (κ1) is 18.4. The van der Waals surface area contributed by atoms with Gasteiger partial charge in [-0.1, -0.05) is 6.07 Å². The van der Waals surface area contributed by atoms with Crippen molar-refractivity contribution in [1.82, 2.24) is 14.7 Å². The first-order valence-corrected chi connectivity index (χ1v) is 8.49. The molecule has 0 saturated carbocycles. The van der Waals surface area contributed by atoms with Crippen LogP contribution in [0.25, 0.3) is 0 Å². The van der Waals surface area contributed by atoms with Crippen molar-refractivity contribution in [3.63, 3.8) is 0 Å². The smallest absolute Gasteiger partial charge is 0.394 e. The molecule has 1 atom stereocenters. The van der Waals surface area contributed by atoms with Crippen LogP contribution in [0.1, 0.15) is 40.4 Å². The third-order valence-corrected chi connectivity index (χ3v) is 4.55. The maximum absolute atomic E-state index is 12.9. The number of aromatic nitrogens is 2. The molecule has 1 aromatic carbocycles. The number of hydrogen-bond donors (Lipinski definition) is 1. The minimum absolute atomic E-state index is 0.00799. The highest BCUT2D eigenvalue weighted by Crippen LogP contribution is 2.31. The monoisotopic (exact) mass is 367 g/mol. The van der Waals surface area contributed by atoms with Crippen molar-refractivity contribution < 1.29 is 23.1 Å². The van der Waals surface area contributed by atoms with Crippen molar-refractivity contribution in [2.45, 2.75) is 31.5 Å². The second-order valence-corrected chi connectivity index (χ2v) is 6.40. The Labute approximate surface area is 149 Å². The van der Waals surface area contributed by atoms with Gasteiger partial charge in [-0.2, -0.15) is 18.3 Å². The van der Waals surface area contributed by atoms with Gasteiger partial charge in [0.05, 0.1) is 24.4 Å². The minimum Gasteiger partial charge on any atom is -0.394 e. The molecule has 0 aliphatic carbocycles. The van der Waals surface area contributed by atoms with Crippen LogP contribution in [0.5, 0.6) is 0 Å². The van der Waals surface area contributed by atoms with Gasteiger partial charge in [0, 0.05) is 30.8 Å². The summed E-state index contributed by atoms with van der Waals surface area (Å²) in [5.74, 6) is -0.353. The number of halogens is 3. The highest BCUT2D eigenvalue weighted by atomic mass is 19.4. The summed E-state index contributed by atoms with van der Waals surface area (Å²) in [6, 6.07) is 6.40. The number of aliphatic hydroxyl groups is 1. The lowest BCUT2D eigenvalue weighted by molar-refractivity contribution is -0.137. The van der Waals surface area contributed by atoms with E-state index in [0.717, 1.165) is 30.7 Å². The maximum atomic E-state index is 12.9. The van der Waals surface area contributed by atoms with Crippen LogP contribution in [-0.2, 0) is 12.7 Å². The summed E-state index contributed by atoms with van der Waals surface area (Å²) in [7, 11) is 0. The van der Waals surface area contributed by atoms with E-state index in [1.54, 1.807) is 15.8 Å². The lowest BCUT2D eigenvalue weighted by atomic mass is 9.94. The van der Waals surface area contributed by atoms with Crippen molar-refractivity contribution in [3.05, 3.63) is 53.3 Å². The molecule has 1 saturated heterocycles. The zero-order chi connectivity index (χ0) is 18.7. The van der Waals surface area contributed by atoms with E-state index in [0.29, 0.717) is 19.6 Å². The molecule has 2 aromatic rings. The van der Waals surface area contributed by atoms with Crippen molar-refractivity contribution >= 4 is 5.91 Å². The normalized spacial score (nSPS) is 18.2. The lowest BCUT2D eigenvalue weighted by Gasteiger charge is -2.32. The Morgan fingerprint density at radius 1 is 1.31 bits per heavy atom. The third kappa shape index (κ3) is 4.07. The number of rotatable bonds is 4. The Balaban J connectivity index is 1.73. The maximum Gasteiger partial charge on any atom is 0.416 e. The number of carbonyl (C=O) groups is 1. The second kappa shape index (κ2) is 7.49. The van der Waals surface area contributed by atoms with Gasteiger partial charge in [-0.05, 0) is 37.1 Å². The van der Waals surface area contributed by atoms with Crippen molar-refractivity contribution in [3.8, 4) is 0 Å². The van der Waals surface area contributed by atoms with Gasteiger partial charge in [-0.15, -0.1) is 0 Å². The van der Waals surface area contributed by atoms with Crippen molar-refractivity contribution in [2.75, 3.05) is 19.7 Å². The van der Waals surface area contributed by atoms with Gasteiger partial charge in [0.25, 0.3) is 5.91 Å². The molecule has 2 heterocycles. The second-order valence-electron chi connectivity index (χ2n) is 6.40. The number of hydrogen-bond acceptors (Lipinski definition) is 3. The topological polar surface area (TPSA) is 58.4 Å². The summed E-state index contributed by atoms with van der Waals surface area (Å²) in [5, 5.41) is 13.4. The zero-order valence-corrected chi connectivity index (χ0v) is 14.1. The van der Waals surface area contributed by atoms with Gasteiger partial charge >= 0.3 is 6.18 Å². The molecule has 1 amide bonds. The predicted octanol–water partition coefficient (Wildman–Crippen LogP) is 2.91. The zero-order valence-electron chi connectivity index (χ0n) is 14.1. The van der Waals surface area contributed by atoms with Crippen LogP contribution in [0.2, 0.25) is 0 Å². The number of piperidine rings is 1. The molecule has 1 N–H and O–H groups in total. The summed E-state index contributed by atoms with van der Waals surface area (Å²) >= 11 is 0. The van der Waals surface area contributed by atoms with Crippen LogP contribution < -0.4 is 0 Å². The van der Waals surface area contributed by atoms with E-state index in [9.17, 15) is 18.0 Å². The Morgan fingerprint density at radius 3 is 2.85 bits per heavy atom. The molecular weight excluding hydrogens is 347 g/mol. The van der Waals surface area contributed by atoms with Gasteiger partial charge in [-0.25, -0.2) is 0 Å². The number of carbonyl (C=O) groups excluding carboxylic acids is 1. The van der Waals surface area contributed by atoms with E-state index in [-0.39, 0.29) is 18.1 Å². The molecule has 1 fully saturated rings. The molecule has 8 heteroatoms. The van der Waals surface area contributed by atoms with E-state index >= 15 is 0 Å². The van der Waals surface area contributed by atoms with Crippen LogP contribution in [0, 0.1) is 0 Å². The Bertz CT molecular complexity index is 773. The van der Waals surface area contributed by atoms with Crippen LogP contribution in [0.15, 0.2) is 36.5 Å². The number of nitrogens with zero attached hydrogens (tertiary/aromatic N) is 3. The quantitative estimate of drug-likeness (QED) is 0.904. The Kier molecular flexibility index (Phi) is 5.31. The largest absolute Gasteiger partial charge is 0.416 e. The van der Waals surface area contributed by atoms with Crippen molar-refractivity contribution in [1.29, 1.82) is 0 Å². The number of alkyl halides is 3. The molecule has 3 rings (SSSR count). The first-order valence-electron chi connectivity index (χ1n) is 8.49. The molecular formula is C18H20F3N3O2. The van der Waals surface area contributed by atoms with Gasteiger partial charge < -0.3 is 10.0 Å². The molecule has 1 aliphatic heterocycles. The minimum atomic E-state index is -4.47. The lowest BCUT2D eigenvalue weighted by Crippen LogP contribution is -2.39. The highest BCUT2D eigenvalue weighted by molar-refractivity contribution is 5.94. The summed E-state index contributed by atoms with van der Waals surface area (Å²) in [6.07, 6.45) is -1.07. The fourth-order valence-electron chi connectivity index (χ4n) is 3.24. The van der Waals surface area contributed by atoms with E-state index in [1.807, 2.05) is 6.07 Å². The molecule has 1 aromatic heterocycles. The third-order valence-electron chi connectivity index (χ3n) is 4.55. The van der Waals surface area contributed by atoms with Crippen LogP contribution >= 0.6 is 0 Å². The molecule has 0 radical (unpaired) electrons. The number of amides is 1. The van der Waals surface area contributed by atoms with E-state index < -0.39 is 17.6 Å². The Hall–Kier alpha value is -2.35. The molecule has 0 unspecified atom stereocenters. The standard InChI is InChI=1S/C18H20F3N3O2/c19-18(20,21)15-5-1-3-13(11-15)17(26)23-7-2-4-14(12-23)16-6-8-24(22-16)9-10-25/h1,3,5-6,8,11,14,25H,2,4,7,9-10,12H2/t14-/m1/s1. The first-order chi connectivity index (χ1) is 12.4. The van der Waals surface area contributed by atoms with Gasteiger partial charge in [0.2, 0.25) is 0 Å². The molecule has 0 bridgehead atoms. The van der Waals surface area contributed by atoms with Crippen molar-refractivity contribution in [2.24, 2.45) is 0 Å². The van der Waals surface area contributed by atoms with E-state index in [2.05, 4.69) is 5.10 Å². The van der Waals surface area contributed by atoms with Crippen LogP contribution in [0.3, 0.4) is 0 Å². The molecule has 5 nitrogen and oxygen atoms in total. The molecule has 26 heavy (non-hydrogen) atoms. The summed E-state index contributed by atoms with van der Waals surface area (Å²) in [4.78, 5) is 14.3. The predicted molar refractivity (Wildman–Crippen MR) is 88.6 cm³/mol.